The van der Waals surface area contributed by atoms with Crippen LogP contribution in [0.4, 0.5) is 0 Å². The number of hydrogen-bond donors (Lipinski definition) is 0. The van der Waals surface area contributed by atoms with Crippen LogP contribution in [-0.4, -0.2) is 19.5 Å². The van der Waals surface area contributed by atoms with Crippen LogP contribution >= 0.6 is 0 Å². The van der Waals surface area contributed by atoms with Gasteiger partial charge in [-0.15, -0.1) is 0 Å². The van der Waals surface area contributed by atoms with Crippen LogP contribution in [0.15, 0.2) is 24.9 Å². The van der Waals surface area contributed by atoms with Gasteiger partial charge in [-0.2, -0.15) is 0 Å². The fraction of sp³-hybridized carbons (Fsp3) is 0.364. The molecule has 0 spiro atoms. The molecular formula is C11H12N4. The maximum absolute atomic E-state index is 4.39. The Hall–Kier alpha value is -1.71. The van der Waals surface area contributed by atoms with Crippen LogP contribution in [-0.2, 0) is 0 Å². The summed E-state index contributed by atoms with van der Waals surface area (Å²) in [4.78, 5) is 12.6. The van der Waals surface area contributed by atoms with Gasteiger partial charge in [-0.05, 0) is 19.8 Å². The van der Waals surface area contributed by atoms with E-state index in [0.717, 1.165) is 17.1 Å². The number of nitrogens with zero attached hydrogens (tertiary/aromatic N) is 4. The molecule has 4 nitrogen and oxygen atoms in total. The second-order valence-corrected chi connectivity index (χ2v) is 3.91. The average molecular weight is 200 g/mol. The number of aromatic nitrogens is 4. The van der Waals surface area contributed by atoms with E-state index in [1.807, 2.05) is 25.5 Å². The van der Waals surface area contributed by atoms with Gasteiger partial charge in [-0.25, -0.2) is 15.0 Å². The van der Waals surface area contributed by atoms with Gasteiger partial charge in [0.2, 0.25) is 0 Å². The Morgan fingerprint density at radius 2 is 2.20 bits per heavy atom. The molecule has 1 saturated carbocycles. The van der Waals surface area contributed by atoms with Gasteiger partial charge in [0.15, 0.2) is 0 Å². The third kappa shape index (κ3) is 1.42. The Morgan fingerprint density at radius 3 is 2.93 bits per heavy atom. The fourth-order valence-corrected chi connectivity index (χ4v) is 1.78. The highest BCUT2D eigenvalue weighted by molar-refractivity contribution is 5.57. The largest absolute Gasteiger partial charge is 0.328 e. The summed E-state index contributed by atoms with van der Waals surface area (Å²) in [6.45, 7) is 1.99. The minimum Gasteiger partial charge on any atom is -0.328 e. The summed E-state index contributed by atoms with van der Waals surface area (Å²) < 4.78 is 2.23. The molecule has 0 amide bonds. The highest BCUT2D eigenvalue weighted by Gasteiger charge is 2.26. The first-order chi connectivity index (χ1) is 7.36. The van der Waals surface area contributed by atoms with Crippen LogP contribution in [0, 0.1) is 6.92 Å². The minimum absolute atomic E-state index is 0.641. The first kappa shape index (κ1) is 8.59. The van der Waals surface area contributed by atoms with Crippen molar-refractivity contribution < 1.29 is 0 Å². The second kappa shape index (κ2) is 3.15. The molecule has 2 aromatic heterocycles. The Kier molecular flexibility index (Phi) is 1.80. The van der Waals surface area contributed by atoms with Crippen LogP contribution in [0.5, 0.6) is 0 Å². The zero-order valence-electron chi connectivity index (χ0n) is 8.59. The maximum atomic E-state index is 4.39. The van der Waals surface area contributed by atoms with Gasteiger partial charge in [0.25, 0.3) is 0 Å². The zero-order chi connectivity index (χ0) is 10.3. The summed E-state index contributed by atoms with van der Waals surface area (Å²) in [7, 11) is 0. The van der Waals surface area contributed by atoms with Crippen molar-refractivity contribution in [2.24, 2.45) is 0 Å². The fourth-order valence-electron chi connectivity index (χ4n) is 1.78. The summed E-state index contributed by atoms with van der Waals surface area (Å²) >= 11 is 0. The van der Waals surface area contributed by atoms with E-state index in [-0.39, 0.29) is 0 Å². The van der Waals surface area contributed by atoms with E-state index < -0.39 is 0 Å². The standard InChI is InChI=1S/C11H12N4/c1-8-10(6-12-7-14-8)11-13-4-5-15(11)9-2-3-9/h4-7,9H,2-3H2,1H3. The Balaban J connectivity index is 2.12. The van der Waals surface area contributed by atoms with E-state index in [9.17, 15) is 0 Å². The topological polar surface area (TPSA) is 43.6 Å². The van der Waals surface area contributed by atoms with E-state index >= 15 is 0 Å². The molecule has 4 heteroatoms. The molecule has 1 aliphatic carbocycles. The first-order valence-corrected chi connectivity index (χ1v) is 5.16. The van der Waals surface area contributed by atoms with E-state index in [2.05, 4.69) is 19.5 Å². The van der Waals surface area contributed by atoms with Crippen LogP contribution in [0.3, 0.4) is 0 Å². The minimum atomic E-state index is 0.641. The molecule has 0 radical (unpaired) electrons. The Bertz CT molecular complexity index is 485. The molecule has 0 saturated heterocycles. The normalized spacial score (nSPS) is 15.5. The van der Waals surface area contributed by atoms with Gasteiger partial charge in [-0.1, -0.05) is 0 Å². The Morgan fingerprint density at radius 1 is 1.33 bits per heavy atom. The predicted molar refractivity (Wildman–Crippen MR) is 56.3 cm³/mol. The van der Waals surface area contributed by atoms with E-state index in [0.29, 0.717) is 6.04 Å². The first-order valence-electron chi connectivity index (χ1n) is 5.16. The highest BCUT2D eigenvalue weighted by atomic mass is 15.1. The monoisotopic (exact) mass is 200 g/mol. The van der Waals surface area contributed by atoms with Gasteiger partial charge in [0, 0.05) is 24.6 Å². The van der Waals surface area contributed by atoms with Crippen molar-refractivity contribution in [1.82, 2.24) is 19.5 Å². The third-order valence-corrected chi connectivity index (χ3v) is 2.76. The number of aryl methyl sites for hydroxylation is 1. The summed E-state index contributed by atoms with van der Waals surface area (Å²) in [6.07, 6.45) is 9.82. The lowest BCUT2D eigenvalue weighted by Crippen LogP contribution is -1.99. The number of rotatable bonds is 2. The van der Waals surface area contributed by atoms with Gasteiger partial charge < -0.3 is 4.57 Å². The van der Waals surface area contributed by atoms with E-state index in [1.165, 1.54) is 12.8 Å². The van der Waals surface area contributed by atoms with Crippen molar-refractivity contribution in [2.75, 3.05) is 0 Å². The molecule has 1 aliphatic rings. The van der Waals surface area contributed by atoms with Gasteiger partial charge in [0.1, 0.15) is 12.2 Å². The quantitative estimate of drug-likeness (QED) is 0.744. The molecule has 0 aromatic carbocycles. The lowest BCUT2D eigenvalue weighted by molar-refractivity contribution is 0.748. The third-order valence-electron chi connectivity index (χ3n) is 2.76. The van der Waals surface area contributed by atoms with Crippen molar-refractivity contribution in [3.8, 4) is 11.4 Å². The number of imidazole rings is 1. The van der Waals surface area contributed by atoms with Crippen molar-refractivity contribution in [3.63, 3.8) is 0 Å². The number of hydrogen-bond acceptors (Lipinski definition) is 3. The smallest absolute Gasteiger partial charge is 0.143 e. The van der Waals surface area contributed by atoms with Crippen molar-refractivity contribution in [3.05, 3.63) is 30.6 Å². The molecule has 1 fully saturated rings. The molecule has 3 rings (SSSR count). The van der Waals surface area contributed by atoms with Crippen molar-refractivity contribution in [1.29, 1.82) is 0 Å². The van der Waals surface area contributed by atoms with E-state index in [1.54, 1.807) is 6.33 Å². The molecule has 2 aromatic rings. The van der Waals surface area contributed by atoms with Crippen LogP contribution < -0.4 is 0 Å². The van der Waals surface area contributed by atoms with Crippen LogP contribution in [0.25, 0.3) is 11.4 Å². The molecule has 2 heterocycles. The molecule has 0 aliphatic heterocycles. The highest BCUT2D eigenvalue weighted by Crippen LogP contribution is 2.37. The van der Waals surface area contributed by atoms with Gasteiger partial charge >= 0.3 is 0 Å². The summed E-state index contributed by atoms with van der Waals surface area (Å²) in [5, 5.41) is 0. The van der Waals surface area contributed by atoms with Crippen molar-refractivity contribution in [2.45, 2.75) is 25.8 Å². The summed E-state index contributed by atoms with van der Waals surface area (Å²) in [6, 6.07) is 0.641. The molecule has 0 atom stereocenters. The van der Waals surface area contributed by atoms with Crippen molar-refractivity contribution >= 4 is 0 Å². The molecule has 76 valence electrons. The average Bonchev–Trinajstić information content (AvgIpc) is 2.98. The molecule has 15 heavy (non-hydrogen) atoms. The maximum Gasteiger partial charge on any atom is 0.143 e. The lowest BCUT2D eigenvalue weighted by atomic mass is 10.2. The molecule has 0 bridgehead atoms. The van der Waals surface area contributed by atoms with Crippen LogP contribution in [0.1, 0.15) is 24.6 Å². The molecule has 0 unspecified atom stereocenters. The predicted octanol–water partition coefficient (Wildman–Crippen LogP) is 1.98. The molecular weight excluding hydrogens is 188 g/mol. The van der Waals surface area contributed by atoms with E-state index in [4.69, 9.17) is 0 Å². The van der Waals surface area contributed by atoms with Gasteiger partial charge in [0.05, 0.1) is 11.3 Å². The van der Waals surface area contributed by atoms with Crippen LogP contribution in [0.2, 0.25) is 0 Å². The summed E-state index contributed by atoms with van der Waals surface area (Å²) in [5.41, 5.74) is 2.02. The lowest BCUT2D eigenvalue weighted by Gasteiger charge is -2.06. The second-order valence-electron chi connectivity index (χ2n) is 3.91. The Labute approximate surface area is 88.0 Å². The van der Waals surface area contributed by atoms with Gasteiger partial charge in [-0.3, -0.25) is 0 Å². The molecule has 0 N–H and O–H groups in total. The SMILES string of the molecule is Cc1ncncc1-c1nccn1C1CC1. The zero-order valence-corrected chi connectivity index (χ0v) is 8.59. The summed E-state index contributed by atoms with van der Waals surface area (Å²) in [5.74, 6) is 0.996.